The second kappa shape index (κ2) is 7.11. The maximum Gasteiger partial charge on any atom is 0.408 e. The molecule has 0 aromatic heterocycles. The van der Waals surface area contributed by atoms with Crippen LogP contribution in [0.5, 0.6) is 0 Å². The lowest BCUT2D eigenvalue weighted by molar-refractivity contribution is -0.139. The molecule has 100 valence electrons. The molecule has 2 N–H and O–H groups in total. The van der Waals surface area contributed by atoms with Gasteiger partial charge in [0.25, 0.3) is 0 Å². The minimum atomic E-state index is -1.08. The predicted octanol–water partition coefficient (Wildman–Crippen LogP) is 1.39. The summed E-state index contributed by atoms with van der Waals surface area (Å²) in [5.41, 5.74) is -0.639. The second-order valence-electron chi connectivity index (χ2n) is 4.67. The number of hydrogen-bond donors (Lipinski definition) is 2. The second-order valence-corrected chi connectivity index (χ2v) is 4.67. The fourth-order valence-electron chi connectivity index (χ4n) is 1.14. The molecule has 0 aliphatic heterocycles. The van der Waals surface area contributed by atoms with Crippen molar-refractivity contribution in [2.75, 3.05) is 13.7 Å². The molecule has 6 heteroatoms. The van der Waals surface area contributed by atoms with Gasteiger partial charge in [-0.15, -0.1) is 0 Å². The zero-order valence-corrected chi connectivity index (χ0v) is 10.8. The molecule has 0 aromatic rings. The van der Waals surface area contributed by atoms with Crippen molar-refractivity contribution < 1.29 is 24.2 Å². The molecular weight excluding hydrogens is 226 g/mol. The van der Waals surface area contributed by atoms with Gasteiger partial charge in [-0.1, -0.05) is 0 Å². The van der Waals surface area contributed by atoms with Crippen molar-refractivity contribution in [3.63, 3.8) is 0 Å². The number of methoxy groups -OCH3 is 1. The average molecular weight is 247 g/mol. The van der Waals surface area contributed by atoms with E-state index in [-0.39, 0.29) is 0 Å². The van der Waals surface area contributed by atoms with Gasteiger partial charge in [0.1, 0.15) is 11.6 Å². The molecule has 0 aromatic carbocycles. The first-order valence-corrected chi connectivity index (χ1v) is 5.47. The molecule has 1 atom stereocenters. The fraction of sp³-hybridized carbons (Fsp3) is 0.818. The van der Waals surface area contributed by atoms with Gasteiger partial charge < -0.3 is 19.9 Å². The van der Waals surface area contributed by atoms with Crippen LogP contribution in [0.15, 0.2) is 0 Å². The number of rotatable bonds is 6. The Bertz CT molecular complexity index is 259. The first-order chi connectivity index (χ1) is 7.76. The van der Waals surface area contributed by atoms with Crippen LogP contribution in [0.2, 0.25) is 0 Å². The van der Waals surface area contributed by atoms with Crippen LogP contribution < -0.4 is 5.32 Å². The number of hydrogen-bond acceptors (Lipinski definition) is 4. The SMILES string of the molecule is COCCC[C@@H](NC(=O)OC(C)(C)C)C(=O)O. The highest BCUT2D eigenvalue weighted by atomic mass is 16.6. The molecule has 0 saturated carbocycles. The number of carboxylic acid groups (broad SMARTS) is 1. The number of carboxylic acids is 1. The normalized spacial score (nSPS) is 12.9. The highest BCUT2D eigenvalue weighted by molar-refractivity contribution is 5.79. The van der Waals surface area contributed by atoms with Crippen molar-refractivity contribution in [1.29, 1.82) is 0 Å². The van der Waals surface area contributed by atoms with Gasteiger partial charge in [0.05, 0.1) is 0 Å². The molecule has 0 aliphatic carbocycles. The summed E-state index contributed by atoms with van der Waals surface area (Å²) < 4.78 is 9.80. The van der Waals surface area contributed by atoms with Crippen LogP contribution in [-0.2, 0) is 14.3 Å². The lowest BCUT2D eigenvalue weighted by atomic mass is 10.1. The van der Waals surface area contributed by atoms with Gasteiger partial charge in [0, 0.05) is 13.7 Å². The average Bonchev–Trinajstić information content (AvgIpc) is 2.13. The summed E-state index contributed by atoms with van der Waals surface area (Å²) in [7, 11) is 1.54. The van der Waals surface area contributed by atoms with E-state index in [4.69, 9.17) is 14.6 Å². The van der Waals surface area contributed by atoms with Gasteiger partial charge in [-0.25, -0.2) is 9.59 Å². The lowest BCUT2D eigenvalue weighted by Gasteiger charge is -2.21. The number of carbonyl (C=O) groups is 2. The van der Waals surface area contributed by atoms with Gasteiger partial charge in [0.15, 0.2) is 0 Å². The van der Waals surface area contributed by atoms with E-state index in [1.165, 1.54) is 7.11 Å². The van der Waals surface area contributed by atoms with Crippen molar-refractivity contribution in [3.05, 3.63) is 0 Å². The van der Waals surface area contributed by atoms with E-state index in [9.17, 15) is 9.59 Å². The number of carbonyl (C=O) groups excluding carboxylic acids is 1. The van der Waals surface area contributed by atoms with Crippen LogP contribution in [0, 0.1) is 0 Å². The molecule has 0 radical (unpaired) electrons. The molecule has 0 saturated heterocycles. The third kappa shape index (κ3) is 8.50. The maximum atomic E-state index is 11.4. The summed E-state index contributed by atoms with van der Waals surface area (Å²) in [6.07, 6.45) is 0.147. The van der Waals surface area contributed by atoms with Gasteiger partial charge >= 0.3 is 12.1 Å². The van der Waals surface area contributed by atoms with Crippen LogP contribution in [0.3, 0.4) is 0 Å². The highest BCUT2D eigenvalue weighted by Crippen LogP contribution is 2.07. The minimum absolute atomic E-state index is 0.308. The zero-order chi connectivity index (χ0) is 13.5. The molecule has 0 fully saturated rings. The van der Waals surface area contributed by atoms with E-state index in [2.05, 4.69) is 5.32 Å². The molecule has 0 aliphatic rings. The van der Waals surface area contributed by atoms with Crippen LogP contribution in [0.1, 0.15) is 33.6 Å². The molecule has 1 amide bonds. The van der Waals surface area contributed by atoms with Crippen molar-refractivity contribution in [3.8, 4) is 0 Å². The van der Waals surface area contributed by atoms with Crippen LogP contribution in [-0.4, -0.2) is 42.5 Å². The van der Waals surface area contributed by atoms with E-state index in [1.807, 2.05) is 0 Å². The van der Waals surface area contributed by atoms with Crippen molar-refractivity contribution >= 4 is 12.1 Å². The summed E-state index contributed by atoms with van der Waals surface area (Å²) in [6.45, 7) is 5.60. The quantitative estimate of drug-likeness (QED) is 0.693. The van der Waals surface area contributed by atoms with Gasteiger partial charge in [-0.05, 0) is 33.6 Å². The molecule has 0 spiro atoms. The number of alkyl carbamates (subject to hydrolysis) is 1. The first kappa shape index (κ1) is 15.7. The van der Waals surface area contributed by atoms with Crippen molar-refractivity contribution in [2.24, 2.45) is 0 Å². The summed E-state index contributed by atoms with van der Waals surface area (Å²) in [5, 5.41) is 11.2. The molecular formula is C11H21NO5. The third-order valence-corrected chi connectivity index (χ3v) is 1.83. The Kier molecular flexibility index (Phi) is 6.57. The van der Waals surface area contributed by atoms with Crippen LogP contribution in [0.4, 0.5) is 4.79 Å². The standard InChI is InChI=1S/C11H21NO5/c1-11(2,3)17-10(15)12-8(9(13)14)6-5-7-16-4/h8H,5-7H2,1-4H3,(H,12,15)(H,13,14)/t8-/m1/s1. The van der Waals surface area contributed by atoms with E-state index in [0.717, 1.165) is 0 Å². The van der Waals surface area contributed by atoms with Crippen LogP contribution >= 0.6 is 0 Å². The maximum absolute atomic E-state index is 11.4. The summed E-state index contributed by atoms with van der Waals surface area (Å²) in [5.74, 6) is -1.08. The predicted molar refractivity (Wildman–Crippen MR) is 61.9 cm³/mol. The Morgan fingerprint density at radius 2 is 1.94 bits per heavy atom. The van der Waals surface area contributed by atoms with Crippen molar-refractivity contribution in [2.45, 2.75) is 45.3 Å². The Morgan fingerprint density at radius 1 is 1.35 bits per heavy atom. The Morgan fingerprint density at radius 3 is 2.35 bits per heavy atom. The van der Waals surface area contributed by atoms with Gasteiger partial charge in [-0.3, -0.25) is 0 Å². The largest absolute Gasteiger partial charge is 0.480 e. The van der Waals surface area contributed by atoms with E-state index >= 15 is 0 Å². The summed E-state index contributed by atoms with van der Waals surface area (Å²) in [6, 6.07) is -0.944. The number of nitrogens with one attached hydrogen (secondary N) is 1. The molecule has 0 rings (SSSR count). The summed E-state index contributed by atoms with van der Waals surface area (Å²) in [4.78, 5) is 22.3. The van der Waals surface area contributed by atoms with E-state index in [0.29, 0.717) is 19.4 Å². The van der Waals surface area contributed by atoms with E-state index in [1.54, 1.807) is 20.8 Å². The molecule has 0 unspecified atom stereocenters. The van der Waals surface area contributed by atoms with E-state index < -0.39 is 23.7 Å². The fourth-order valence-corrected chi connectivity index (χ4v) is 1.14. The Balaban J connectivity index is 4.16. The lowest BCUT2D eigenvalue weighted by Crippen LogP contribution is -2.43. The molecule has 6 nitrogen and oxygen atoms in total. The van der Waals surface area contributed by atoms with Gasteiger partial charge in [0.2, 0.25) is 0 Å². The molecule has 0 heterocycles. The number of ether oxygens (including phenoxy) is 2. The monoisotopic (exact) mass is 247 g/mol. The van der Waals surface area contributed by atoms with Gasteiger partial charge in [-0.2, -0.15) is 0 Å². The Hall–Kier alpha value is -1.30. The molecule has 0 bridgehead atoms. The Labute approximate surface area is 101 Å². The topological polar surface area (TPSA) is 84.9 Å². The summed E-state index contributed by atoms with van der Waals surface area (Å²) >= 11 is 0. The highest BCUT2D eigenvalue weighted by Gasteiger charge is 2.23. The van der Waals surface area contributed by atoms with Crippen LogP contribution in [0.25, 0.3) is 0 Å². The third-order valence-electron chi connectivity index (χ3n) is 1.83. The zero-order valence-electron chi connectivity index (χ0n) is 10.8. The molecule has 17 heavy (non-hydrogen) atoms. The number of amides is 1. The van der Waals surface area contributed by atoms with Crippen molar-refractivity contribution in [1.82, 2.24) is 5.32 Å². The smallest absolute Gasteiger partial charge is 0.408 e. The minimum Gasteiger partial charge on any atom is -0.480 e. The first-order valence-electron chi connectivity index (χ1n) is 5.47. The number of aliphatic carboxylic acids is 1.